The highest BCUT2D eigenvalue weighted by molar-refractivity contribution is 5.85. The minimum Gasteiger partial charge on any atom is -0.506 e. The molecule has 1 N–H and O–H groups in total. The van der Waals surface area contributed by atoms with Crippen molar-refractivity contribution >= 4 is 12.4 Å². The second-order valence-corrected chi connectivity index (χ2v) is 1.96. The highest BCUT2D eigenvalue weighted by Crippen LogP contribution is 2.12. The van der Waals surface area contributed by atoms with E-state index in [0.717, 1.165) is 0 Å². The highest BCUT2D eigenvalue weighted by Gasteiger charge is 1.95. The summed E-state index contributed by atoms with van der Waals surface area (Å²) in [5, 5.41) is 9.13. The lowest BCUT2D eigenvalue weighted by atomic mass is 10.2. The Morgan fingerprint density at radius 1 is 1.64 bits per heavy atom. The first-order valence-electron chi connectivity index (χ1n) is 3.08. The summed E-state index contributed by atoms with van der Waals surface area (Å²) in [7, 11) is 0. The zero-order chi connectivity index (χ0) is 7.40. The third-order valence-electron chi connectivity index (χ3n) is 1.20. The van der Waals surface area contributed by atoms with Gasteiger partial charge in [-0.3, -0.25) is 4.98 Å². The van der Waals surface area contributed by atoms with Crippen LogP contribution in [0.2, 0.25) is 0 Å². The molecule has 1 aromatic rings. The first-order chi connectivity index (χ1) is 4.84. The lowest BCUT2D eigenvalue weighted by Crippen LogP contribution is -1.85. The van der Waals surface area contributed by atoms with E-state index in [2.05, 4.69) is 11.6 Å². The van der Waals surface area contributed by atoms with Crippen molar-refractivity contribution in [3.63, 3.8) is 0 Å². The van der Waals surface area contributed by atoms with Gasteiger partial charge in [-0.25, -0.2) is 0 Å². The van der Waals surface area contributed by atoms with E-state index in [9.17, 15) is 0 Å². The Morgan fingerprint density at radius 2 is 2.36 bits per heavy atom. The third kappa shape index (κ3) is 2.60. The van der Waals surface area contributed by atoms with Crippen molar-refractivity contribution < 1.29 is 5.11 Å². The van der Waals surface area contributed by atoms with Crippen LogP contribution in [0, 0.1) is 0 Å². The molecule has 0 spiro atoms. The highest BCUT2D eigenvalue weighted by atomic mass is 35.5. The smallest absolute Gasteiger partial charge is 0.137 e. The molecular weight excluding hydrogens is 162 g/mol. The number of hydrogen-bond acceptors (Lipinski definition) is 2. The summed E-state index contributed by atoms with van der Waals surface area (Å²) < 4.78 is 0. The second-order valence-electron chi connectivity index (χ2n) is 1.96. The predicted molar refractivity (Wildman–Crippen MR) is 47.1 cm³/mol. The maximum Gasteiger partial charge on any atom is 0.137 e. The van der Waals surface area contributed by atoms with Crippen LogP contribution < -0.4 is 0 Å². The Morgan fingerprint density at radius 3 is 2.91 bits per heavy atom. The van der Waals surface area contributed by atoms with E-state index < -0.39 is 0 Å². The SMILES string of the molecule is C=CCc1ncccc1O.Cl. The summed E-state index contributed by atoms with van der Waals surface area (Å²) >= 11 is 0. The van der Waals surface area contributed by atoms with Gasteiger partial charge in [-0.05, 0) is 12.1 Å². The minimum absolute atomic E-state index is 0. The van der Waals surface area contributed by atoms with Gasteiger partial charge in [-0.2, -0.15) is 0 Å². The Bertz CT molecular complexity index is 237. The number of aromatic nitrogens is 1. The Hall–Kier alpha value is -1.02. The van der Waals surface area contributed by atoms with E-state index in [-0.39, 0.29) is 18.2 Å². The third-order valence-corrected chi connectivity index (χ3v) is 1.20. The van der Waals surface area contributed by atoms with E-state index in [1.165, 1.54) is 0 Å². The molecule has 3 heteroatoms. The van der Waals surface area contributed by atoms with Crippen molar-refractivity contribution in [1.82, 2.24) is 4.98 Å². The average molecular weight is 172 g/mol. The van der Waals surface area contributed by atoms with E-state index >= 15 is 0 Å². The van der Waals surface area contributed by atoms with Crippen molar-refractivity contribution in [2.75, 3.05) is 0 Å². The largest absolute Gasteiger partial charge is 0.506 e. The molecule has 0 atom stereocenters. The van der Waals surface area contributed by atoms with Crippen molar-refractivity contribution in [2.45, 2.75) is 6.42 Å². The quantitative estimate of drug-likeness (QED) is 0.690. The fourth-order valence-electron chi connectivity index (χ4n) is 0.724. The van der Waals surface area contributed by atoms with Gasteiger partial charge in [0, 0.05) is 12.6 Å². The predicted octanol–water partition coefficient (Wildman–Crippen LogP) is 1.94. The van der Waals surface area contributed by atoms with Gasteiger partial charge in [0.1, 0.15) is 5.75 Å². The summed E-state index contributed by atoms with van der Waals surface area (Å²) in [6.45, 7) is 3.55. The van der Waals surface area contributed by atoms with Gasteiger partial charge in [0.15, 0.2) is 0 Å². The van der Waals surface area contributed by atoms with Crippen LogP contribution in [-0.2, 0) is 6.42 Å². The summed E-state index contributed by atoms with van der Waals surface area (Å²) in [5.74, 6) is 0.238. The molecule has 60 valence electrons. The average Bonchev–Trinajstić information content (AvgIpc) is 1.94. The van der Waals surface area contributed by atoms with Crippen LogP contribution in [0.4, 0.5) is 0 Å². The van der Waals surface area contributed by atoms with E-state index in [1.807, 2.05) is 0 Å². The number of halogens is 1. The van der Waals surface area contributed by atoms with Crippen molar-refractivity contribution in [3.05, 3.63) is 36.7 Å². The molecule has 0 amide bonds. The van der Waals surface area contributed by atoms with Crippen LogP contribution in [0.5, 0.6) is 5.75 Å². The Kier molecular flexibility index (Phi) is 4.30. The van der Waals surface area contributed by atoms with Gasteiger partial charge in [0.05, 0.1) is 5.69 Å². The van der Waals surface area contributed by atoms with Crippen LogP contribution in [0.15, 0.2) is 31.0 Å². The van der Waals surface area contributed by atoms with Crippen LogP contribution in [-0.4, -0.2) is 10.1 Å². The molecule has 0 saturated heterocycles. The molecular formula is C8H10ClNO. The molecule has 2 nitrogen and oxygen atoms in total. The van der Waals surface area contributed by atoms with Crippen LogP contribution >= 0.6 is 12.4 Å². The van der Waals surface area contributed by atoms with Crippen LogP contribution in [0.25, 0.3) is 0 Å². The number of hydrogen-bond donors (Lipinski definition) is 1. The van der Waals surface area contributed by atoms with Crippen LogP contribution in [0.3, 0.4) is 0 Å². The van der Waals surface area contributed by atoms with Crippen molar-refractivity contribution in [1.29, 1.82) is 0 Å². The molecule has 0 fully saturated rings. The Balaban J connectivity index is 0.000001000. The van der Waals surface area contributed by atoms with Gasteiger partial charge in [-0.1, -0.05) is 6.08 Å². The zero-order valence-electron chi connectivity index (χ0n) is 6.03. The zero-order valence-corrected chi connectivity index (χ0v) is 6.84. The van der Waals surface area contributed by atoms with Gasteiger partial charge >= 0.3 is 0 Å². The van der Waals surface area contributed by atoms with Crippen LogP contribution in [0.1, 0.15) is 5.69 Å². The maximum atomic E-state index is 9.13. The van der Waals surface area contributed by atoms with Crippen molar-refractivity contribution in [2.24, 2.45) is 0 Å². The molecule has 0 saturated carbocycles. The molecule has 0 aromatic carbocycles. The second kappa shape index (κ2) is 4.74. The first kappa shape index (κ1) is 9.98. The molecule has 1 heterocycles. The van der Waals surface area contributed by atoms with Gasteiger partial charge in [0.25, 0.3) is 0 Å². The molecule has 1 rings (SSSR count). The van der Waals surface area contributed by atoms with Crippen molar-refractivity contribution in [3.8, 4) is 5.75 Å². The molecule has 0 bridgehead atoms. The monoisotopic (exact) mass is 171 g/mol. The molecule has 0 aliphatic heterocycles. The summed E-state index contributed by atoms with van der Waals surface area (Å²) in [4.78, 5) is 3.95. The molecule has 11 heavy (non-hydrogen) atoms. The lowest BCUT2D eigenvalue weighted by molar-refractivity contribution is 0.466. The fraction of sp³-hybridized carbons (Fsp3) is 0.125. The standard InChI is InChI=1S/C8H9NO.ClH/c1-2-4-7-8(10)5-3-6-9-7;/h2-3,5-6,10H,1,4H2;1H. The molecule has 0 unspecified atom stereocenters. The van der Waals surface area contributed by atoms with E-state index in [0.29, 0.717) is 12.1 Å². The fourth-order valence-corrected chi connectivity index (χ4v) is 0.724. The maximum absolute atomic E-state index is 9.13. The molecule has 0 radical (unpaired) electrons. The number of allylic oxidation sites excluding steroid dienone is 1. The number of nitrogens with zero attached hydrogens (tertiary/aromatic N) is 1. The molecule has 1 aromatic heterocycles. The minimum atomic E-state index is 0. The lowest BCUT2D eigenvalue weighted by Gasteiger charge is -1.96. The topological polar surface area (TPSA) is 33.1 Å². The Labute approximate surface area is 72.0 Å². The van der Waals surface area contributed by atoms with Gasteiger partial charge < -0.3 is 5.11 Å². The number of aromatic hydroxyl groups is 1. The van der Waals surface area contributed by atoms with E-state index in [4.69, 9.17) is 5.11 Å². The molecule has 0 aliphatic carbocycles. The van der Waals surface area contributed by atoms with Gasteiger partial charge in [-0.15, -0.1) is 19.0 Å². The normalized spacial score (nSPS) is 8.36. The summed E-state index contributed by atoms with van der Waals surface area (Å²) in [5.41, 5.74) is 0.678. The summed E-state index contributed by atoms with van der Waals surface area (Å²) in [6.07, 6.45) is 3.98. The molecule has 0 aliphatic rings. The van der Waals surface area contributed by atoms with E-state index in [1.54, 1.807) is 24.4 Å². The number of rotatable bonds is 2. The first-order valence-corrected chi connectivity index (χ1v) is 3.08. The summed E-state index contributed by atoms with van der Waals surface area (Å²) in [6, 6.07) is 3.31. The van der Waals surface area contributed by atoms with Gasteiger partial charge in [0.2, 0.25) is 0 Å². The number of pyridine rings is 1.